The van der Waals surface area contributed by atoms with Gasteiger partial charge in [0.2, 0.25) is 0 Å². The summed E-state index contributed by atoms with van der Waals surface area (Å²) in [5, 5.41) is 0. The van der Waals surface area contributed by atoms with Crippen molar-refractivity contribution in [1.82, 2.24) is 0 Å². The van der Waals surface area contributed by atoms with E-state index in [4.69, 9.17) is 0 Å². The molecule has 0 spiro atoms. The van der Waals surface area contributed by atoms with Crippen molar-refractivity contribution in [2.45, 2.75) is 103 Å². The van der Waals surface area contributed by atoms with Crippen LogP contribution in [0.5, 0.6) is 0 Å². The molecule has 0 fully saturated rings. The maximum Gasteiger partial charge on any atom is 0.0546 e. The van der Waals surface area contributed by atoms with Gasteiger partial charge in [-0.15, -0.1) is 0 Å². The molecule has 0 heterocycles. The fourth-order valence-corrected chi connectivity index (χ4v) is 10.4. The molecule has 6 aromatic carbocycles. The lowest BCUT2D eigenvalue weighted by molar-refractivity contribution is 0.508. The zero-order valence-corrected chi connectivity index (χ0v) is 35.6. The number of allylic oxidation sites excluding steroid dienone is 3. The fraction of sp³-hybridized carbons (Fsp3) is 0.286. The highest BCUT2D eigenvalue weighted by molar-refractivity contribution is 5.96. The van der Waals surface area contributed by atoms with Crippen molar-refractivity contribution in [3.8, 4) is 22.3 Å². The summed E-state index contributed by atoms with van der Waals surface area (Å²) in [6, 6.07) is 52.8. The molecule has 9 rings (SSSR count). The lowest BCUT2D eigenvalue weighted by atomic mass is 9.70. The van der Waals surface area contributed by atoms with Gasteiger partial charge in [0, 0.05) is 33.2 Å². The quantitative estimate of drug-likeness (QED) is 0.170. The Kier molecular flexibility index (Phi) is 8.35. The van der Waals surface area contributed by atoms with Gasteiger partial charge in [-0.25, -0.2) is 0 Å². The highest BCUT2D eigenvalue weighted by Crippen LogP contribution is 2.60. The first-order valence-electron chi connectivity index (χ1n) is 20.9. The molecule has 2 unspecified atom stereocenters. The van der Waals surface area contributed by atoms with Crippen LogP contribution in [-0.4, -0.2) is 0 Å². The van der Waals surface area contributed by atoms with Crippen LogP contribution in [0.25, 0.3) is 22.3 Å². The number of nitrogens with zero attached hydrogens (tertiary/aromatic N) is 1. The summed E-state index contributed by atoms with van der Waals surface area (Å²) < 4.78 is 0. The summed E-state index contributed by atoms with van der Waals surface area (Å²) in [6.07, 6.45) is 6.03. The average molecular weight is 744 g/mol. The highest BCUT2D eigenvalue weighted by Gasteiger charge is 2.50. The van der Waals surface area contributed by atoms with E-state index in [0.29, 0.717) is 0 Å². The third kappa shape index (κ3) is 5.72. The monoisotopic (exact) mass is 743 g/mol. The molecule has 0 saturated heterocycles. The zero-order chi connectivity index (χ0) is 40.1. The van der Waals surface area contributed by atoms with E-state index in [1.807, 2.05) is 0 Å². The minimum absolute atomic E-state index is 0.0186. The molecule has 2 atom stereocenters. The molecule has 0 amide bonds. The van der Waals surface area contributed by atoms with E-state index in [1.54, 1.807) is 0 Å². The molecule has 286 valence electrons. The average Bonchev–Trinajstić information content (AvgIpc) is 3.56. The Balaban J connectivity index is 1.34. The van der Waals surface area contributed by atoms with Crippen LogP contribution in [0, 0.1) is 0 Å². The lowest BCUT2D eigenvalue weighted by Crippen LogP contribution is -2.31. The fourth-order valence-electron chi connectivity index (χ4n) is 10.4. The van der Waals surface area contributed by atoms with Crippen LogP contribution >= 0.6 is 0 Å². The summed E-state index contributed by atoms with van der Waals surface area (Å²) in [5.41, 5.74) is 19.4. The number of hydrogen-bond acceptors (Lipinski definition) is 1. The van der Waals surface area contributed by atoms with E-state index in [9.17, 15) is 0 Å². The van der Waals surface area contributed by atoms with Crippen molar-refractivity contribution < 1.29 is 0 Å². The van der Waals surface area contributed by atoms with E-state index in [2.05, 4.69) is 226 Å². The molecule has 0 bridgehead atoms. The van der Waals surface area contributed by atoms with E-state index >= 15 is 0 Å². The van der Waals surface area contributed by atoms with E-state index in [1.165, 1.54) is 83.8 Å². The van der Waals surface area contributed by atoms with Gasteiger partial charge in [-0.1, -0.05) is 190 Å². The molecular weight excluding hydrogens is 687 g/mol. The number of benzene rings is 6. The van der Waals surface area contributed by atoms with E-state index in [0.717, 1.165) is 6.42 Å². The molecular formula is C56H57N. The number of anilines is 2. The Hall–Kier alpha value is -5.40. The molecule has 0 N–H and O–H groups in total. The Labute approximate surface area is 341 Å². The second-order valence-corrected chi connectivity index (χ2v) is 19.8. The summed E-state index contributed by atoms with van der Waals surface area (Å²) in [6.45, 7) is 23.9. The molecule has 1 nitrogen and oxygen atoms in total. The standard InChI is InChI=1S/C56H57N/c1-52(2,3)40-27-30-44-47(33-40)56(10,39-21-15-12-16-22-39)48-34-41(53(4,5)6)35-49(51(44)48)57(42-28-25-38(26-29-42)37-19-13-11-14-20-37)43-31-32-55(9)46-24-18-17-23-45(46)54(7,8)50(55)36-43/h11-31,33-36H,32H2,1-10H3. The zero-order valence-electron chi connectivity index (χ0n) is 35.6. The van der Waals surface area contributed by atoms with Crippen LogP contribution in [0.1, 0.15) is 115 Å². The maximum absolute atomic E-state index is 2.60. The van der Waals surface area contributed by atoms with Crippen LogP contribution < -0.4 is 4.90 Å². The van der Waals surface area contributed by atoms with Crippen molar-refractivity contribution in [1.29, 1.82) is 0 Å². The third-order valence-corrected chi connectivity index (χ3v) is 13.8. The molecule has 6 aromatic rings. The van der Waals surface area contributed by atoms with Crippen molar-refractivity contribution in [3.05, 3.63) is 202 Å². The van der Waals surface area contributed by atoms with E-state index < -0.39 is 0 Å². The third-order valence-electron chi connectivity index (χ3n) is 13.8. The van der Waals surface area contributed by atoms with Crippen molar-refractivity contribution in [2.75, 3.05) is 4.90 Å². The van der Waals surface area contributed by atoms with Crippen LogP contribution in [0.3, 0.4) is 0 Å². The van der Waals surface area contributed by atoms with Crippen LogP contribution in [-0.2, 0) is 27.1 Å². The molecule has 1 heteroatoms. The molecule has 0 saturated carbocycles. The number of fused-ring (bicyclic) bond motifs is 6. The summed E-state index contributed by atoms with van der Waals surface area (Å²) >= 11 is 0. The van der Waals surface area contributed by atoms with Gasteiger partial charge in [-0.3, -0.25) is 0 Å². The molecule has 57 heavy (non-hydrogen) atoms. The van der Waals surface area contributed by atoms with Gasteiger partial charge >= 0.3 is 0 Å². The Morgan fingerprint density at radius 2 is 1.11 bits per heavy atom. The Bertz CT molecular complexity index is 2590. The van der Waals surface area contributed by atoms with E-state index in [-0.39, 0.29) is 27.1 Å². The van der Waals surface area contributed by atoms with Gasteiger partial charge in [0.1, 0.15) is 0 Å². The smallest absolute Gasteiger partial charge is 0.0546 e. The normalized spacial score (nSPS) is 20.5. The van der Waals surface area contributed by atoms with Crippen molar-refractivity contribution >= 4 is 11.4 Å². The number of hydrogen-bond donors (Lipinski definition) is 0. The SMILES string of the molecule is CC(C)(C)c1ccc2c(c1)C(C)(c1ccccc1)c1cc(C(C)(C)C)cc(N(C3=CCC4(C)C(=C3)C(C)(C)c3ccccc34)c3ccc(-c4ccccc4)cc3)c1-2. The van der Waals surface area contributed by atoms with Gasteiger partial charge in [0.25, 0.3) is 0 Å². The summed E-state index contributed by atoms with van der Waals surface area (Å²) in [5.74, 6) is 0. The van der Waals surface area contributed by atoms with Gasteiger partial charge in [0.15, 0.2) is 0 Å². The Morgan fingerprint density at radius 3 is 1.75 bits per heavy atom. The first-order chi connectivity index (χ1) is 27.0. The van der Waals surface area contributed by atoms with Gasteiger partial charge in [0.05, 0.1) is 5.69 Å². The predicted octanol–water partition coefficient (Wildman–Crippen LogP) is 14.9. The molecule has 0 aliphatic heterocycles. The second-order valence-electron chi connectivity index (χ2n) is 19.8. The topological polar surface area (TPSA) is 3.24 Å². The summed E-state index contributed by atoms with van der Waals surface area (Å²) in [4.78, 5) is 2.60. The molecule has 3 aliphatic carbocycles. The molecule has 0 aromatic heterocycles. The maximum atomic E-state index is 2.60. The largest absolute Gasteiger partial charge is 0.310 e. The first kappa shape index (κ1) is 37.2. The van der Waals surface area contributed by atoms with Crippen LogP contribution in [0.4, 0.5) is 11.4 Å². The minimum Gasteiger partial charge on any atom is -0.310 e. The van der Waals surface area contributed by atoms with Crippen LogP contribution in [0.15, 0.2) is 163 Å². The summed E-state index contributed by atoms with van der Waals surface area (Å²) in [7, 11) is 0. The first-order valence-corrected chi connectivity index (χ1v) is 20.9. The second kappa shape index (κ2) is 12.8. The number of rotatable bonds is 5. The molecule has 3 aliphatic rings. The van der Waals surface area contributed by atoms with Crippen molar-refractivity contribution in [3.63, 3.8) is 0 Å². The van der Waals surface area contributed by atoms with Crippen LogP contribution in [0.2, 0.25) is 0 Å². The van der Waals surface area contributed by atoms with Gasteiger partial charge in [-0.05, 0) is 110 Å². The van der Waals surface area contributed by atoms with Gasteiger partial charge in [-0.2, -0.15) is 0 Å². The molecule has 0 radical (unpaired) electrons. The van der Waals surface area contributed by atoms with Crippen molar-refractivity contribution in [2.24, 2.45) is 0 Å². The highest BCUT2D eigenvalue weighted by atomic mass is 15.2. The minimum atomic E-state index is -0.348. The van der Waals surface area contributed by atoms with Gasteiger partial charge < -0.3 is 4.90 Å². The predicted molar refractivity (Wildman–Crippen MR) is 243 cm³/mol. The Morgan fingerprint density at radius 1 is 0.526 bits per heavy atom. The lowest BCUT2D eigenvalue weighted by Gasteiger charge is -2.39.